The maximum atomic E-state index is 12.4. The van der Waals surface area contributed by atoms with Gasteiger partial charge < -0.3 is 19.3 Å². The maximum Gasteiger partial charge on any atom is 0.320 e. The zero-order valence-electron chi connectivity index (χ0n) is 12.2. The highest BCUT2D eigenvalue weighted by Gasteiger charge is 2.31. The molecule has 1 aromatic rings. The Morgan fingerprint density at radius 2 is 2.14 bits per heavy atom. The largest absolute Gasteiger partial charge is 0.472 e. The van der Waals surface area contributed by atoms with E-state index in [9.17, 15) is 4.79 Å². The van der Waals surface area contributed by atoms with Crippen molar-refractivity contribution in [2.75, 3.05) is 39.4 Å². The van der Waals surface area contributed by atoms with Crippen LogP contribution in [0.4, 0.5) is 4.79 Å². The van der Waals surface area contributed by atoms with Crippen LogP contribution in [0.25, 0.3) is 0 Å². The van der Waals surface area contributed by atoms with Crippen molar-refractivity contribution < 1.29 is 14.3 Å². The molecule has 2 aliphatic heterocycles. The molecule has 21 heavy (non-hydrogen) atoms. The van der Waals surface area contributed by atoms with Crippen molar-refractivity contribution >= 4 is 6.03 Å². The fourth-order valence-corrected chi connectivity index (χ4v) is 2.62. The minimum Gasteiger partial charge on any atom is -0.472 e. The number of nitrogens with zero attached hydrogens (tertiary/aromatic N) is 4. The number of aryl methyl sites for hydroxylation is 1. The molecule has 7 heteroatoms. The topological polar surface area (TPSA) is 67.8 Å². The van der Waals surface area contributed by atoms with Gasteiger partial charge in [-0.25, -0.2) is 9.78 Å². The number of likely N-dealkylation sites (tertiary alicyclic amines) is 1. The second-order valence-electron chi connectivity index (χ2n) is 5.30. The molecule has 3 rings (SSSR count). The molecule has 0 unspecified atom stereocenters. The Kier molecular flexibility index (Phi) is 4.19. The molecule has 0 aromatic carbocycles. The summed E-state index contributed by atoms with van der Waals surface area (Å²) in [5.74, 6) is 1.26. The Balaban J connectivity index is 1.54. The van der Waals surface area contributed by atoms with Gasteiger partial charge in [0.25, 0.3) is 0 Å². The van der Waals surface area contributed by atoms with Gasteiger partial charge in [-0.15, -0.1) is 0 Å². The first-order valence-corrected chi connectivity index (χ1v) is 7.30. The van der Waals surface area contributed by atoms with Crippen LogP contribution in [0.15, 0.2) is 12.3 Å². The van der Waals surface area contributed by atoms with Gasteiger partial charge >= 0.3 is 6.03 Å². The van der Waals surface area contributed by atoms with Crippen molar-refractivity contribution in [2.45, 2.75) is 19.4 Å². The van der Waals surface area contributed by atoms with E-state index in [0.717, 1.165) is 13.0 Å². The zero-order valence-corrected chi connectivity index (χ0v) is 12.2. The van der Waals surface area contributed by atoms with Crippen LogP contribution in [-0.2, 0) is 4.74 Å². The third-order valence-corrected chi connectivity index (χ3v) is 3.74. The third kappa shape index (κ3) is 3.41. The Morgan fingerprint density at radius 3 is 2.90 bits per heavy atom. The molecule has 0 N–H and O–H groups in total. The molecular formula is C14H20N4O3. The number of rotatable bonds is 2. The van der Waals surface area contributed by atoms with Crippen molar-refractivity contribution in [1.82, 2.24) is 19.8 Å². The molecule has 1 atom stereocenters. The zero-order chi connectivity index (χ0) is 14.7. The summed E-state index contributed by atoms with van der Waals surface area (Å²) >= 11 is 0. The van der Waals surface area contributed by atoms with Gasteiger partial charge in [-0.2, -0.15) is 4.98 Å². The smallest absolute Gasteiger partial charge is 0.320 e. The van der Waals surface area contributed by atoms with Crippen LogP contribution in [-0.4, -0.2) is 71.3 Å². The molecule has 0 aliphatic carbocycles. The third-order valence-electron chi connectivity index (χ3n) is 3.74. The first-order chi connectivity index (χ1) is 10.2. The number of amides is 2. The van der Waals surface area contributed by atoms with Crippen LogP contribution in [0, 0.1) is 6.92 Å². The predicted molar refractivity (Wildman–Crippen MR) is 75.2 cm³/mol. The molecule has 3 heterocycles. The fourth-order valence-electron chi connectivity index (χ4n) is 2.62. The lowest BCUT2D eigenvalue weighted by atomic mass is 10.3. The molecule has 0 bridgehead atoms. The summed E-state index contributed by atoms with van der Waals surface area (Å²) in [4.78, 5) is 24.3. The van der Waals surface area contributed by atoms with Crippen molar-refractivity contribution in [2.24, 2.45) is 0 Å². The second-order valence-corrected chi connectivity index (χ2v) is 5.30. The quantitative estimate of drug-likeness (QED) is 0.802. The van der Waals surface area contributed by atoms with Crippen molar-refractivity contribution in [1.29, 1.82) is 0 Å². The maximum absolute atomic E-state index is 12.4. The Labute approximate surface area is 123 Å². The lowest BCUT2D eigenvalue weighted by Gasteiger charge is -2.30. The molecule has 0 saturated carbocycles. The van der Waals surface area contributed by atoms with Crippen LogP contribution in [0.3, 0.4) is 0 Å². The first kappa shape index (κ1) is 14.1. The molecule has 0 radical (unpaired) electrons. The molecule has 114 valence electrons. The minimum absolute atomic E-state index is 0.00397. The van der Waals surface area contributed by atoms with E-state index < -0.39 is 0 Å². The molecule has 7 nitrogen and oxygen atoms in total. The summed E-state index contributed by atoms with van der Waals surface area (Å²) in [5, 5.41) is 0. The summed E-state index contributed by atoms with van der Waals surface area (Å²) in [6.45, 7) is 5.76. The average Bonchev–Trinajstić information content (AvgIpc) is 2.96. The molecule has 2 saturated heterocycles. The van der Waals surface area contributed by atoms with Crippen LogP contribution >= 0.6 is 0 Å². The summed E-state index contributed by atoms with van der Waals surface area (Å²) in [6.07, 6.45) is 2.52. The first-order valence-electron chi connectivity index (χ1n) is 7.30. The van der Waals surface area contributed by atoms with Gasteiger partial charge in [-0.3, -0.25) is 0 Å². The SMILES string of the molecule is Cc1nccc(O[C@H]2CCN(C(=O)N3CCOCC3)C2)n1. The van der Waals surface area contributed by atoms with Crippen LogP contribution in [0.5, 0.6) is 5.88 Å². The van der Waals surface area contributed by atoms with Gasteiger partial charge in [-0.05, 0) is 6.92 Å². The Bertz CT molecular complexity index is 505. The molecule has 0 spiro atoms. The number of hydrogen-bond donors (Lipinski definition) is 0. The normalized spacial score (nSPS) is 22.4. The van der Waals surface area contributed by atoms with Crippen LogP contribution in [0.2, 0.25) is 0 Å². The molecular weight excluding hydrogens is 272 g/mol. The van der Waals surface area contributed by atoms with Gasteiger partial charge in [0, 0.05) is 38.3 Å². The summed E-state index contributed by atoms with van der Waals surface area (Å²) in [6, 6.07) is 1.84. The fraction of sp³-hybridized carbons (Fsp3) is 0.643. The average molecular weight is 292 g/mol. The number of hydrogen-bond acceptors (Lipinski definition) is 5. The van der Waals surface area contributed by atoms with Gasteiger partial charge in [0.15, 0.2) is 0 Å². The molecule has 2 aliphatic rings. The summed E-state index contributed by atoms with van der Waals surface area (Å²) < 4.78 is 11.1. The number of morpholine rings is 1. The summed E-state index contributed by atoms with van der Waals surface area (Å²) in [5.41, 5.74) is 0. The van der Waals surface area contributed by atoms with Gasteiger partial charge in [0.2, 0.25) is 5.88 Å². The summed E-state index contributed by atoms with van der Waals surface area (Å²) in [7, 11) is 0. The van der Waals surface area contributed by atoms with Gasteiger partial charge in [0.1, 0.15) is 11.9 Å². The van der Waals surface area contributed by atoms with Crippen molar-refractivity contribution in [3.63, 3.8) is 0 Å². The molecule has 2 fully saturated rings. The minimum atomic E-state index is 0.00397. The lowest BCUT2D eigenvalue weighted by Crippen LogP contribution is -2.47. The monoisotopic (exact) mass is 292 g/mol. The van der Waals surface area contributed by atoms with E-state index in [1.807, 2.05) is 16.7 Å². The standard InChI is InChI=1S/C14H20N4O3/c1-11-15-4-2-13(16-11)21-12-3-5-18(10-12)14(19)17-6-8-20-9-7-17/h2,4,12H,3,5-10H2,1H3/t12-/m0/s1. The highest BCUT2D eigenvalue weighted by atomic mass is 16.5. The highest BCUT2D eigenvalue weighted by molar-refractivity contribution is 5.74. The number of carbonyl (C=O) groups excluding carboxylic acids is 1. The highest BCUT2D eigenvalue weighted by Crippen LogP contribution is 2.18. The van der Waals surface area contributed by atoms with Crippen molar-refractivity contribution in [3.8, 4) is 5.88 Å². The number of urea groups is 1. The van der Waals surface area contributed by atoms with Gasteiger partial charge in [0.05, 0.1) is 19.8 Å². The second kappa shape index (κ2) is 6.26. The van der Waals surface area contributed by atoms with E-state index in [-0.39, 0.29) is 12.1 Å². The van der Waals surface area contributed by atoms with Crippen LogP contribution < -0.4 is 4.74 Å². The molecule has 2 amide bonds. The Hall–Kier alpha value is -1.89. The van der Waals surface area contributed by atoms with Crippen LogP contribution in [0.1, 0.15) is 12.2 Å². The van der Waals surface area contributed by atoms with Gasteiger partial charge in [-0.1, -0.05) is 0 Å². The van der Waals surface area contributed by atoms with E-state index in [4.69, 9.17) is 9.47 Å². The van der Waals surface area contributed by atoms with E-state index >= 15 is 0 Å². The van der Waals surface area contributed by atoms with E-state index in [0.29, 0.717) is 44.6 Å². The van der Waals surface area contributed by atoms with Crippen molar-refractivity contribution in [3.05, 3.63) is 18.1 Å². The lowest BCUT2D eigenvalue weighted by molar-refractivity contribution is 0.0443. The Morgan fingerprint density at radius 1 is 1.33 bits per heavy atom. The molecule has 1 aromatic heterocycles. The van der Waals surface area contributed by atoms with E-state index in [1.165, 1.54) is 0 Å². The van der Waals surface area contributed by atoms with E-state index in [1.54, 1.807) is 12.3 Å². The predicted octanol–water partition coefficient (Wildman–Crippen LogP) is 0.690. The van der Waals surface area contributed by atoms with E-state index in [2.05, 4.69) is 9.97 Å². The number of aromatic nitrogens is 2. The number of carbonyl (C=O) groups is 1. The number of ether oxygens (including phenoxy) is 2.